The van der Waals surface area contributed by atoms with Gasteiger partial charge in [0.25, 0.3) is 5.91 Å². The Labute approximate surface area is 186 Å². The molecular formula is C20H17Cl2F4NO3S. The normalized spacial score (nSPS) is 22.2. The van der Waals surface area contributed by atoms with Crippen LogP contribution >= 0.6 is 23.2 Å². The van der Waals surface area contributed by atoms with E-state index in [0.717, 1.165) is 18.2 Å². The van der Waals surface area contributed by atoms with Crippen LogP contribution in [0.15, 0.2) is 47.4 Å². The standard InChI is InChI=1S/C20H17Cl2F4NO3S/c21-16-5-4-12(10-17(16)22)18(28)27-14-6-8-19(23,9-7-14)31(29,30)15-3-1-2-13(11-15)20(24,25)26/h1-5,10-11,14H,6-9H2,(H,27,28)/t14-,19-. The summed E-state index contributed by atoms with van der Waals surface area (Å²) in [6.45, 7) is 0. The summed E-state index contributed by atoms with van der Waals surface area (Å²) in [5.41, 5.74) is -0.928. The maximum Gasteiger partial charge on any atom is 0.416 e. The van der Waals surface area contributed by atoms with Crippen LogP contribution < -0.4 is 5.32 Å². The van der Waals surface area contributed by atoms with E-state index in [-0.39, 0.29) is 28.5 Å². The number of amides is 1. The minimum absolute atomic E-state index is 0.00174. The molecule has 0 heterocycles. The lowest BCUT2D eigenvalue weighted by molar-refractivity contribution is -0.137. The highest BCUT2D eigenvalue weighted by Gasteiger charge is 2.48. The maximum atomic E-state index is 15.4. The fraction of sp³-hybridized carbons (Fsp3) is 0.350. The predicted octanol–water partition coefficient (Wildman–Crippen LogP) is 5.82. The van der Waals surface area contributed by atoms with E-state index in [9.17, 15) is 26.4 Å². The smallest absolute Gasteiger partial charge is 0.349 e. The largest absolute Gasteiger partial charge is 0.416 e. The maximum absolute atomic E-state index is 15.4. The highest BCUT2D eigenvalue weighted by Crippen LogP contribution is 2.41. The summed E-state index contributed by atoms with van der Waals surface area (Å²) >= 11 is 11.7. The summed E-state index contributed by atoms with van der Waals surface area (Å²) in [6.07, 6.45) is -5.67. The minimum Gasteiger partial charge on any atom is -0.349 e. The minimum atomic E-state index is -4.75. The van der Waals surface area contributed by atoms with E-state index in [1.807, 2.05) is 0 Å². The summed E-state index contributed by atoms with van der Waals surface area (Å²) in [5.74, 6) is -0.476. The Balaban J connectivity index is 1.71. The van der Waals surface area contributed by atoms with Gasteiger partial charge < -0.3 is 5.32 Å². The Morgan fingerprint density at radius 3 is 2.26 bits per heavy atom. The molecule has 1 aliphatic rings. The molecule has 1 saturated carbocycles. The van der Waals surface area contributed by atoms with Crippen LogP contribution in [0.3, 0.4) is 0 Å². The Bertz CT molecular complexity index is 1100. The number of sulfone groups is 1. The summed E-state index contributed by atoms with van der Waals surface area (Å²) in [5, 5.41) is 0.432. The van der Waals surface area contributed by atoms with E-state index in [0.29, 0.717) is 6.07 Å². The van der Waals surface area contributed by atoms with E-state index in [1.54, 1.807) is 0 Å². The van der Waals surface area contributed by atoms with Gasteiger partial charge in [-0.25, -0.2) is 12.8 Å². The van der Waals surface area contributed by atoms with Crippen molar-refractivity contribution in [3.05, 3.63) is 63.6 Å². The molecule has 2 aromatic rings. The fourth-order valence-corrected chi connectivity index (χ4v) is 5.45. The van der Waals surface area contributed by atoms with E-state index in [2.05, 4.69) is 5.32 Å². The highest BCUT2D eigenvalue weighted by molar-refractivity contribution is 7.92. The second kappa shape index (κ2) is 8.60. The van der Waals surface area contributed by atoms with Gasteiger partial charge in [-0.05, 0) is 62.1 Å². The Hall–Kier alpha value is -1.84. The number of nitrogens with one attached hydrogen (secondary N) is 1. The van der Waals surface area contributed by atoms with Crippen molar-refractivity contribution in [2.45, 2.75) is 47.8 Å². The van der Waals surface area contributed by atoms with E-state index >= 15 is 4.39 Å². The van der Waals surface area contributed by atoms with Crippen LogP contribution in [0.25, 0.3) is 0 Å². The van der Waals surface area contributed by atoms with Crippen molar-refractivity contribution >= 4 is 38.9 Å². The van der Waals surface area contributed by atoms with Crippen molar-refractivity contribution in [1.29, 1.82) is 0 Å². The molecular weight excluding hydrogens is 481 g/mol. The van der Waals surface area contributed by atoms with Crippen molar-refractivity contribution < 1.29 is 30.8 Å². The van der Waals surface area contributed by atoms with Gasteiger partial charge in [0.05, 0.1) is 20.5 Å². The van der Waals surface area contributed by atoms with Gasteiger partial charge in [-0.1, -0.05) is 29.3 Å². The monoisotopic (exact) mass is 497 g/mol. The lowest BCUT2D eigenvalue weighted by Crippen LogP contribution is -2.45. The first-order valence-corrected chi connectivity index (χ1v) is 11.4. The van der Waals surface area contributed by atoms with Crippen LogP contribution in [0, 0.1) is 0 Å². The molecule has 0 bridgehead atoms. The van der Waals surface area contributed by atoms with E-state index in [1.165, 1.54) is 18.2 Å². The Kier molecular flexibility index (Phi) is 6.60. The van der Waals surface area contributed by atoms with Gasteiger partial charge in [-0.15, -0.1) is 0 Å². The Morgan fingerprint density at radius 1 is 1.03 bits per heavy atom. The third kappa shape index (κ3) is 4.99. The first-order chi connectivity index (χ1) is 14.3. The second-order valence-corrected chi connectivity index (χ2v) is 10.3. The van der Waals surface area contributed by atoms with Gasteiger partial charge >= 0.3 is 6.18 Å². The number of hydrogen-bond acceptors (Lipinski definition) is 3. The van der Waals surface area contributed by atoms with Crippen LogP contribution in [0.5, 0.6) is 0 Å². The van der Waals surface area contributed by atoms with Crippen molar-refractivity contribution in [2.24, 2.45) is 0 Å². The number of carbonyl (C=O) groups excluding carboxylic acids is 1. The van der Waals surface area contributed by atoms with Crippen LogP contribution in [-0.2, 0) is 16.0 Å². The summed E-state index contributed by atoms with van der Waals surface area (Å²) in [4.78, 5) is 11.6. The number of benzene rings is 2. The molecule has 1 N–H and O–H groups in total. The zero-order chi connectivity index (χ0) is 23.0. The summed E-state index contributed by atoms with van der Waals surface area (Å²) < 4.78 is 79.6. The van der Waals surface area contributed by atoms with Gasteiger partial charge in [0.1, 0.15) is 0 Å². The molecule has 31 heavy (non-hydrogen) atoms. The van der Waals surface area contributed by atoms with Crippen molar-refractivity contribution in [3.63, 3.8) is 0 Å². The van der Waals surface area contributed by atoms with Crippen LogP contribution in [0.1, 0.15) is 41.6 Å². The molecule has 1 amide bonds. The number of carbonyl (C=O) groups is 1. The topological polar surface area (TPSA) is 63.2 Å². The lowest BCUT2D eigenvalue weighted by atomic mass is 9.93. The van der Waals surface area contributed by atoms with Crippen LogP contribution in [-0.4, -0.2) is 25.4 Å². The number of rotatable bonds is 4. The molecule has 11 heteroatoms. The van der Waals surface area contributed by atoms with Gasteiger partial charge in [0, 0.05) is 11.6 Å². The number of hydrogen-bond donors (Lipinski definition) is 1. The molecule has 0 spiro atoms. The van der Waals surface area contributed by atoms with Gasteiger partial charge in [0.15, 0.2) is 0 Å². The predicted molar refractivity (Wildman–Crippen MR) is 109 cm³/mol. The van der Waals surface area contributed by atoms with E-state index < -0.39 is 56.3 Å². The first kappa shape index (κ1) is 23.8. The van der Waals surface area contributed by atoms with Gasteiger partial charge in [-0.2, -0.15) is 13.2 Å². The molecule has 0 aromatic heterocycles. The highest BCUT2D eigenvalue weighted by atomic mass is 35.5. The molecule has 0 unspecified atom stereocenters. The quantitative estimate of drug-likeness (QED) is 0.541. The van der Waals surface area contributed by atoms with Gasteiger partial charge in [0.2, 0.25) is 14.8 Å². The molecule has 0 atom stereocenters. The van der Waals surface area contributed by atoms with Crippen molar-refractivity contribution in [2.75, 3.05) is 0 Å². The molecule has 3 rings (SSSR count). The third-order valence-corrected chi connectivity index (χ3v) is 8.19. The van der Waals surface area contributed by atoms with Gasteiger partial charge in [-0.3, -0.25) is 4.79 Å². The number of halogens is 6. The molecule has 4 nitrogen and oxygen atoms in total. The zero-order valence-electron chi connectivity index (χ0n) is 15.8. The molecule has 0 radical (unpaired) electrons. The van der Waals surface area contributed by atoms with Crippen molar-refractivity contribution in [3.8, 4) is 0 Å². The Morgan fingerprint density at radius 2 is 1.68 bits per heavy atom. The molecule has 1 aliphatic carbocycles. The first-order valence-electron chi connectivity index (χ1n) is 9.20. The average molecular weight is 498 g/mol. The SMILES string of the molecule is O=C(N[C@H]1CC[C@](F)(S(=O)(=O)c2cccc(C(F)(F)F)c2)CC1)c1ccc(Cl)c(Cl)c1. The number of alkyl halides is 4. The molecule has 1 fully saturated rings. The molecule has 0 saturated heterocycles. The van der Waals surface area contributed by atoms with Crippen LogP contribution in [0.4, 0.5) is 17.6 Å². The van der Waals surface area contributed by atoms with Crippen molar-refractivity contribution in [1.82, 2.24) is 5.32 Å². The fourth-order valence-electron chi connectivity index (χ4n) is 3.42. The van der Waals surface area contributed by atoms with Crippen LogP contribution in [0.2, 0.25) is 10.0 Å². The molecule has 2 aromatic carbocycles. The van der Waals surface area contributed by atoms with E-state index in [4.69, 9.17) is 23.2 Å². The second-order valence-electron chi connectivity index (χ2n) is 7.29. The summed E-state index contributed by atoms with van der Waals surface area (Å²) in [6, 6.07) is 6.83. The third-order valence-electron chi connectivity index (χ3n) is 5.20. The summed E-state index contributed by atoms with van der Waals surface area (Å²) in [7, 11) is -4.67. The molecule has 168 valence electrons. The molecule has 0 aliphatic heterocycles. The average Bonchev–Trinajstić information content (AvgIpc) is 2.71. The zero-order valence-corrected chi connectivity index (χ0v) is 18.2. The lowest BCUT2D eigenvalue weighted by Gasteiger charge is -2.34.